The lowest BCUT2D eigenvalue weighted by atomic mass is 9.99. The molecule has 0 aliphatic carbocycles. The van der Waals surface area contributed by atoms with Crippen LogP contribution in [-0.4, -0.2) is 4.40 Å². The van der Waals surface area contributed by atoms with Gasteiger partial charge in [0.2, 0.25) is 0 Å². The number of hydrogen-bond donors (Lipinski definition) is 0. The van der Waals surface area contributed by atoms with E-state index in [0.29, 0.717) is 0 Å². The Bertz CT molecular complexity index is 2890. The molecule has 2 aromatic heterocycles. The van der Waals surface area contributed by atoms with E-state index in [2.05, 4.69) is 216 Å². The van der Waals surface area contributed by atoms with Gasteiger partial charge in [-0.1, -0.05) is 158 Å². The van der Waals surface area contributed by atoms with E-state index in [1.54, 1.807) is 0 Å². The van der Waals surface area contributed by atoms with E-state index >= 15 is 0 Å². The number of pyridine rings is 1. The Morgan fingerprint density at radius 1 is 0.327 bits per heavy atom. The van der Waals surface area contributed by atoms with E-state index < -0.39 is 0 Å². The van der Waals surface area contributed by atoms with E-state index in [1.807, 2.05) is 0 Å². The summed E-state index contributed by atoms with van der Waals surface area (Å²) in [5.41, 5.74) is 14.2. The van der Waals surface area contributed by atoms with Gasteiger partial charge in [-0.15, -0.1) is 0 Å². The highest BCUT2D eigenvalue weighted by atomic mass is 15.1. The molecule has 0 unspecified atom stereocenters. The summed E-state index contributed by atoms with van der Waals surface area (Å²) in [6.45, 7) is 0. The summed E-state index contributed by atoms with van der Waals surface area (Å²) >= 11 is 0. The SMILES string of the molecule is c1ccc(-c2ccc(N(c3cccc(-c4cccc5ccc6c(-c7ccccc7)c7ccccc7n6c45)c3)c3ccc4ccccc4c3)cc2)cc1. The molecule has 0 saturated heterocycles. The molecule has 0 atom stereocenters. The lowest BCUT2D eigenvalue weighted by molar-refractivity contribution is 1.29. The molecule has 10 aromatic rings. The van der Waals surface area contributed by atoms with Gasteiger partial charge in [-0.2, -0.15) is 0 Å². The average molecular weight is 663 g/mol. The molecule has 52 heavy (non-hydrogen) atoms. The minimum Gasteiger partial charge on any atom is -0.310 e. The van der Waals surface area contributed by atoms with Gasteiger partial charge >= 0.3 is 0 Å². The summed E-state index contributed by atoms with van der Waals surface area (Å²) in [7, 11) is 0. The molecule has 2 heteroatoms. The smallest absolute Gasteiger partial charge is 0.0612 e. The fourth-order valence-corrected chi connectivity index (χ4v) is 7.92. The zero-order valence-electron chi connectivity index (χ0n) is 28.5. The average Bonchev–Trinajstić information content (AvgIpc) is 3.56. The predicted molar refractivity (Wildman–Crippen MR) is 221 cm³/mol. The molecule has 0 spiro atoms. The molecule has 0 N–H and O–H groups in total. The Morgan fingerprint density at radius 3 is 1.75 bits per heavy atom. The molecule has 2 heterocycles. The van der Waals surface area contributed by atoms with Crippen molar-refractivity contribution in [2.75, 3.05) is 4.90 Å². The highest BCUT2D eigenvalue weighted by Gasteiger charge is 2.19. The molecule has 2 nitrogen and oxygen atoms in total. The third kappa shape index (κ3) is 5.04. The van der Waals surface area contributed by atoms with Crippen LogP contribution in [0.5, 0.6) is 0 Å². The van der Waals surface area contributed by atoms with Crippen molar-refractivity contribution in [2.24, 2.45) is 0 Å². The molecule has 0 radical (unpaired) electrons. The van der Waals surface area contributed by atoms with E-state index in [-0.39, 0.29) is 0 Å². The van der Waals surface area contributed by atoms with Gasteiger partial charge in [-0.3, -0.25) is 0 Å². The fraction of sp³-hybridized carbons (Fsp3) is 0. The van der Waals surface area contributed by atoms with Crippen LogP contribution in [0.2, 0.25) is 0 Å². The van der Waals surface area contributed by atoms with Crippen molar-refractivity contribution in [3.05, 3.63) is 206 Å². The molecular weight excluding hydrogens is 629 g/mol. The maximum atomic E-state index is 2.47. The van der Waals surface area contributed by atoms with Crippen LogP contribution in [0.15, 0.2) is 206 Å². The molecular formula is C50H34N2. The maximum absolute atomic E-state index is 2.47. The first-order valence-electron chi connectivity index (χ1n) is 17.9. The quantitative estimate of drug-likeness (QED) is 0.172. The number of anilines is 3. The molecule has 0 aliphatic rings. The first-order chi connectivity index (χ1) is 25.8. The Hall–Kier alpha value is -6.90. The van der Waals surface area contributed by atoms with Crippen molar-refractivity contribution in [3.8, 4) is 33.4 Å². The third-order valence-corrected chi connectivity index (χ3v) is 10.3. The van der Waals surface area contributed by atoms with Crippen LogP contribution in [-0.2, 0) is 0 Å². The van der Waals surface area contributed by atoms with Gasteiger partial charge in [0.05, 0.1) is 16.6 Å². The van der Waals surface area contributed by atoms with Gasteiger partial charge in [0.1, 0.15) is 0 Å². The van der Waals surface area contributed by atoms with Crippen LogP contribution in [0.25, 0.3) is 71.5 Å². The zero-order chi connectivity index (χ0) is 34.4. The van der Waals surface area contributed by atoms with E-state index in [0.717, 1.165) is 17.1 Å². The normalized spacial score (nSPS) is 11.5. The predicted octanol–water partition coefficient (Wildman–Crippen LogP) is 13.9. The number of benzene rings is 8. The van der Waals surface area contributed by atoms with Gasteiger partial charge < -0.3 is 9.30 Å². The van der Waals surface area contributed by atoms with Crippen molar-refractivity contribution in [1.82, 2.24) is 4.40 Å². The second-order valence-corrected chi connectivity index (χ2v) is 13.4. The minimum atomic E-state index is 1.10. The Kier molecular flexibility index (Phi) is 7.18. The molecule has 0 bridgehead atoms. The first kappa shape index (κ1) is 30.0. The summed E-state index contributed by atoms with van der Waals surface area (Å²) in [5, 5.41) is 4.91. The summed E-state index contributed by atoms with van der Waals surface area (Å²) in [5.74, 6) is 0. The maximum Gasteiger partial charge on any atom is 0.0612 e. The Morgan fingerprint density at radius 2 is 0.923 bits per heavy atom. The van der Waals surface area contributed by atoms with Crippen LogP contribution in [0.1, 0.15) is 0 Å². The zero-order valence-corrected chi connectivity index (χ0v) is 28.5. The lowest BCUT2D eigenvalue weighted by Gasteiger charge is -2.27. The number of nitrogens with zero attached hydrogens (tertiary/aromatic N) is 2. The number of fused-ring (bicyclic) bond motifs is 6. The monoisotopic (exact) mass is 662 g/mol. The van der Waals surface area contributed by atoms with Crippen LogP contribution in [0.4, 0.5) is 17.1 Å². The topological polar surface area (TPSA) is 7.65 Å². The van der Waals surface area contributed by atoms with Crippen molar-refractivity contribution in [1.29, 1.82) is 0 Å². The van der Waals surface area contributed by atoms with Crippen molar-refractivity contribution in [2.45, 2.75) is 0 Å². The van der Waals surface area contributed by atoms with Crippen LogP contribution >= 0.6 is 0 Å². The standard InChI is InChI=1S/C50H34N2/c1-3-13-35(14-4-1)37-25-29-42(30-26-37)51(44-31-27-36-15-7-8-18-40(36)33-44)43-21-11-20-41(34-43)45-23-12-19-39-28-32-48-49(38-16-5-2-6-17-38)46-22-9-10-24-47(46)52(48)50(39)45/h1-34H. The number of para-hydroxylation sites is 2. The van der Waals surface area contributed by atoms with Crippen LogP contribution in [0, 0.1) is 0 Å². The molecule has 8 aromatic carbocycles. The van der Waals surface area contributed by atoms with Crippen molar-refractivity contribution in [3.63, 3.8) is 0 Å². The van der Waals surface area contributed by atoms with Gasteiger partial charge in [0, 0.05) is 33.6 Å². The molecule has 244 valence electrons. The number of rotatable bonds is 6. The van der Waals surface area contributed by atoms with Crippen molar-refractivity contribution < 1.29 is 0 Å². The van der Waals surface area contributed by atoms with Crippen molar-refractivity contribution >= 4 is 55.2 Å². The number of aromatic nitrogens is 1. The second-order valence-electron chi connectivity index (χ2n) is 13.4. The Labute approximate surface area is 303 Å². The van der Waals surface area contributed by atoms with Gasteiger partial charge in [0.15, 0.2) is 0 Å². The molecule has 0 fully saturated rings. The number of hydrogen-bond acceptors (Lipinski definition) is 1. The molecule has 0 aliphatic heterocycles. The summed E-state index contributed by atoms with van der Waals surface area (Å²) in [6, 6.07) is 74.7. The minimum absolute atomic E-state index is 1.10. The summed E-state index contributed by atoms with van der Waals surface area (Å²) < 4.78 is 2.47. The van der Waals surface area contributed by atoms with Gasteiger partial charge in [0.25, 0.3) is 0 Å². The van der Waals surface area contributed by atoms with E-state index in [9.17, 15) is 0 Å². The van der Waals surface area contributed by atoms with Gasteiger partial charge in [-0.25, -0.2) is 0 Å². The summed E-state index contributed by atoms with van der Waals surface area (Å²) in [6.07, 6.45) is 0. The Balaban J connectivity index is 1.18. The first-order valence-corrected chi connectivity index (χ1v) is 17.9. The largest absolute Gasteiger partial charge is 0.310 e. The van der Waals surface area contributed by atoms with Gasteiger partial charge in [-0.05, 0) is 86.9 Å². The van der Waals surface area contributed by atoms with Crippen LogP contribution in [0.3, 0.4) is 0 Å². The lowest BCUT2D eigenvalue weighted by Crippen LogP contribution is -2.10. The second kappa shape index (κ2) is 12.5. The molecule has 10 rings (SSSR count). The fourth-order valence-electron chi connectivity index (χ4n) is 7.92. The molecule has 0 saturated carbocycles. The summed E-state index contributed by atoms with van der Waals surface area (Å²) in [4.78, 5) is 2.38. The highest BCUT2D eigenvalue weighted by Crippen LogP contribution is 2.42. The van der Waals surface area contributed by atoms with E-state index in [1.165, 1.54) is 71.5 Å². The van der Waals surface area contributed by atoms with E-state index in [4.69, 9.17) is 0 Å². The third-order valence-electron chi connectivity index (χ3n) is 10.3. The molecule has 0 amide bonds. The van der Waals surface area contributed by atoms with Crippen LogP contribution < -0.4 is 4.90 Å². The highest BCUT2D eigenvalue weighted by molar-refractivity contribution is 6.10.